The van der Waals surface area contributed by atoms with E-state index in [4.69, 9.17) is 4.52 Å². The highest BCUT2D eigenvalue weighted by atomic mass is 16.5. The fraction of sp³-hybridized carbons (Fsp3) is 0.538. The first-order valence-electron chi connectivity index (χ1n) is 6.28. The summed E-state index contributed by atoms with van der Waals surface area (Å²) in [4.78, 5) is 4.19. The number of hydrogen-bond donors (Lipinski definition) is 1. The largest absolute Gasteiger partial charge is 0.345 e. The Morgan fingerprint density at radius 3 is 2.94 bits per heavy atom. The average molecular weight is 248 g/mol. The monoisotopic (exact) mass is 248 g/mol. The molecule has 0 unspecified atom stereocenters. The molecule has 2 rings (SSSR count). The summed E-state index contributed by atoms with van der Waals surface area (Å²) >= 11 is 0. The lowest BCUT2D eigenvalue weighted by Gasteiger charge is -2.05. The molecule has 0 aliphatic carbocycles. The predicted octanol–water partition coefficient (Wildman–Crippen LogP) is 1.97. The second kappa shape index (κ2) is 5.82. The van der Waals surface area contributed by atoms with Crippen LogP contribution in [0.4, 0.5) is 0 Å². The molecule has 1 N–H and O–H groups in total. The summed E-state index contributed by atoms with van der Waals surface area (Å²) in [6, 6.07) is 2.11. The Kier molecular flexibility index (Phi) is 4.15. The fourth-order valence-electron chi connectivity index (χ4n) is 1.76. The molecule has 0 bridgehead atoms. The molecule has 0 aliphatic rings. The highest BCUT2D eigenvalue weighted by molar-refractivity contribution is 5.10. The minimum atomic E-state index is 0.630. The van der Waals surface area contributed by atoms with Gasteiger partial charge in [0, 0.05) is 18.9 Å². The lowest BCUT2D eigenvalue weighted by Crippen LogP contribution is -2.18. The van der Waals surface area contributed by atoms with E-state index in [1.54, 1.807) is 0 Å². The van der Waals surface area contributed by atoms with Crippen molar-refractivity contribution in [3.8, 4) is 0 Å². The molecule has 0 saturated heterocycles. The summed E-state index contributed by atoms with van der Waals surface area (Å²) in [5.41, 5.74) is 1.27. The molecule has 2 aromatic rings. The molecule has 0 radical (unpaired) electrons. The highest BCUT2D eigenvalue weighted by Crippen LogP contribution is 2.05. The van der Waals surface area contributed by atoms with Crippen molar-refractivity contribution >= 4 is 0 Å². The molecule has 0 atom stereocenters. The fourth-order valence-corrected chi connectivity index (χ4v) is 1.76. The van der Waals surface area contributed by atoms with E-state index >= 15 is 0 Å². The van der Waals surface area contributed by atoms with Gasteiger partial charge in [0.15, 0.2) is 5.82 Å². The van der Waals surface area contributed by atoms with Gasteiger partial charge in [-0.05, 0) is 31.0 Å². The van der Waals surface area contributed by atoms with Crippen LogP contribution >= 0.6 is 0 Å². The average Bonchev–Trinajstić information content (AvgIpc) is 2.89. The van der Waals surface area contributed by atoms with Crippen LogP contribution in [0.3, 0.4) is 0 Å². The smallest absolute Gasteiger partial charge is 0.246 e. The van der Waals surface area contributed by atoms with Crippen LogP contribution in [-0.4, -0.2) is 21.3 Å². The number of hydrogen-bond acceptors (Lipinski definition) is 4. The summed E-state index contributed by atoms with van der Waals surface area (Å²) < 4.78 is 7.15. The Morgan fingerprint density at radius 2 is 2.28 bits per heavy atom. The van der Waals surface area contributed by atoms with Gasteiger partial charge in [-0.15, -0.1) is 0 Å². The Bertz CT molecular complexity index is 487. The van der Waals surface area contributed by atoms with Gasteiger partial charge in [0.05, 0.1) is 0 Å². The Morgan fingerprint density at radius 1 is 1.44 bits per heavy atom. The molecule has 0 aromatic carbocycles. The third-order valence-corrected chi connectivity index (χ3v) is 2.58. The normalized spacial score (nSPS) is 11.3. The maximum absolute atomic E-state index is 5.09. The van der Waals surface area contributed by atoms with Crippen molar-refractivity contribution in [1.29, 1.82) is 0 Å². The van der Waals surface area contributed by atoms with E-state index in [2.05, 4.69) is 46.1 Å². The Hall–Kier alpha value is -1.62. The summed E-state index contributed by atoms with van der Waals surface area (Å²) in [5, 5.41) is 7.19. The van der Waals surface area contributed by atoms with Crippen molar-refractivity contribution in [3.05, 3.63) is 35.7 Å². The minimum Gasteiger partial charge on any atom is -0.345 e. The maximum Gasteiger partial charge on any atom is 0.246 e. The van der Waals surface area contributed by atoms with Gasteiger partial charge < -0.3 is 14.4 Å². The SMILES string of the molecule is Cc1noc(Cn2ccc(CNCC(C)C)c2)n1. The molecular formula is C13H20N4O. The van der Waals surface area contributed by atoms with Gasteiger partial charge in [0.1, 0.15) is 6.54 Å². The van der Waals surface area contributed by atoms with Gasteiger partial charge in [-0.1, -0.05) is 19.0 Å². The summed E-state index contributed by atoms with van der Waals surface area (Å²) in [7, 11) is 0. The maximum atomic E-state index is 5.09. The van der Waals surface area contributed by atoms with E-state index in [0.717, 1.165) is 13.1 Å². The number of aromatic nitrogens is 3. The van der Waals surface area contributed by atoms with Crippen molar-refractivity contribution in [3.63, 3.8) is 0 Å². The number of rotatable bonds is 6. The van der Waals surface area contributed by atoms with Gasteiger partial charge in [0.2, 0.25) is 5.89 Å². The van der Waals surface area contributed by atoms with Gasteiger partial charge >= 0.3 is 0 Å². The van der Waals surface area contributed by atoms with Crippen molar-refractivity contribution < 1.29 is 4.52 Å². The van der Waals surface area contributed by atoms with Crippen molar-refractivity contribution in [2.24, 2.45) is 5.92 Å². The van der Waals surface area contributed by atoms with Gasteiger partial charge in [-0.3, -0.25) is 0 Å². The van der Waals surface area contributed by atoms with E-state index in [0.29, 0.717) is 24.2 Å². The van der Waals surface area contributed by atoms with Crippen LogP contribution in [-0.2, 0) is 13.1 Å². The molecule has 2 aromatic heterocycles. The van der Waals surface area contributed by atoms with Gasteiger partial charge in [-0.2, -0.15) is 4.98 Å². The topological polar surface area (TPSA) is 55.9 Å². The molecular weight excluding hydrogens is 228 g/mol. The lowest BCUT2D eigenvalue weighted by molar-refractivity contribution is 0.368. The van der Waals surface area contributed by atoms with Gasteiger partial charge in [0.25, 0.3) is 0 Å². The lowest BCUT2D eigenvalue weighted by atomic mass is 10.2. The van der Waals surface area contributed by atoms with E-state index < -0.39 is 0 Å². The van der Waals surface area contributed by atoms with Crippen LogP contribution in [0.15, 0.2) is 23.0 Å². The van der Waals surface area contributed by atoms with Crippen LogP contribution in [0, 0.1) is 12.8 Å². The molecule has 0 amide bonds. The van der Waals surface area contributed by atoms with Crippen LogP contribution in [0.2, 0.25) is 0 Å². The predicted molar refractivity (Wildman–Crippen MR) is 69.1 cm³/mol. The second-order valence-electron chi connectivity index (χ2n) is 4.95. The minimum absolute atomic E-state index is 0.630. The number of aryl methyl sites for hydroxylation is 1. The van der Waals surface area contributed by atoms with Crippen molar-refractivity contribution in [2.45, 2.75) is 33.9 Å². The van der Waals surface area contributed by atoms with Crippen molar-refractivity contribution in [2.75, 3.05) is 6.54 Å². The first kappa shape index (κ1) is 12.8. The van der Waals surface area contributed by atoms with E-state index in [9.17, 15) is 0 Å². The molecule has 0 aliphatic heterocycles. The van der Waals surface area contributed by atoms with E-state index in [-0.39, 0.29) is 0 Å². The zero-order valence-corrected chi connectivity index (χ0v) is 11.2. The molecule has 0 fully saturated rings. The molecule has 0 saturated carbocycles. The molecule has 98 valence electrons. The molecule has 18 heavy (non-hydrogen) atoms. The zero-order valence-electron chi connectivity index (χ0n) is 11.2. The van der Waals surface area contributed by atoms with Crippen LogP contribution in [0.1, 0.15) is 31.1 Å². The van der Waals surface area contributed by atoms with E-state index in [1.807, 2.05) is 13.1 Å². The van der Waals surface area contributed by atoms with Crippen LogP contribution < -0.4 is 5.32 Å². The summed E-state index contributed by atoms with van der Waals surface area (Å²) in [5.74, 6) is 1.99. The molecule has 0 spiro atoms. The van der Waals surface area contributed by atoms with E-state index in [1.165, 1.54) is 5.56 Å². The van der Waals surface area contributed by atoms with Gasteiger partial charge in [-0.25, -0.2) is 0 Å². The third kappa shape index (κ3) is 3.70. The zero-order chi connectivity index (χ0) is 13.0. The van der Waals surface area contributed by atoms with Crippen molar-refractivity contribution in [1.82, 2.24) is 20.0 Å². The Labute approximate surface area is 107 Å². The number of nitrogens with one attached hydrogen (secondary N) is 1. The highest BCUT2D eigenvalue weighted by Gasteiger charge is 2.04. The van der Waals surface area contributed by atoms with Crippen LogP contribution in [0.25, 0.3) is 0 Å². The van der Waals surface area contributed by atoms with Crippen LogP contribution in [0.5, 0.6) is 0 Å². The summed E-state index contributed by atoms with van der Waals surface area (Å²) in [6.45, 7) is 8.79. The Balaban J connectivity index is 1.86. The second-order valence-corrected chi connectivity index (χ2v) is 4.95. The number of nitrogens with zero attached hydrogens (tertiary/aromatic N) is 3. The first-order valence-corrected chi connectivity index (χ1v) is 6.28. The molecule has 2 heterocycles. The quantitative estimate of drug-likeness (QED) is 0.849. The first-order chi connectivity index (χ1) is 8.63. The molecule has 5 heteroatoms. The molecule has 5 nitrogen and oxygen atoms in total. The summed E-state index contributed by atoms with van der Waals surface area (Å²) in [6.07, 6.45) is 4.14. The standard InChI is InChI=1S/C13H20N4O/c1-10(2)6-14-7-12-4-5-17(8-12)9-13-15-11(3)16-18-13/h4-5,8,10,14H,6-7,9H2,1-3H3. The third-order valence-electron chi connectivity index (χ3n) is 2.58.